The molecule has 0 heterocycles. The normalized spacial score (nSPS) is 12.1. The zero-order valence-corrected chi connectivity index (χ0v) is 10.1. The third kappa shape index (κ3) is 3.14. The predicted molar refractivity (Wildman–Crippen MR) is 64.6 cm³/mol. The molecule has 0 saturated heterocycles. The quantitative estimate of drug-likeness (QED) is 0.654. The maximum Gasteiger partial charge on any atom is 0.126 e. The molecule has 0 aliphatic heterocycles. The molecule has 0 spiro atoms. The van der Waals surface area contributed by atoms with Gasteiger partial charge in [0, 0.05) is 16.6 Å². The van der Waals surface area contributed by atoms with Crippen molar-refractivity contribution < 1.29 is 0 Å². The lowest BCUT2D eigenvalue weighted by atomic mass is 10.2. The number of nitrogens with zero attached hydrogens (tertiary/aromatic N) is 1. The molecule has 0 aliphatic rings. The van der Waals surface area contributed by atoms with Crippen LogP contribution in [0.25, 0.3) is 0 Å². The average molecular weight is 255 g/mol. The van der Waals surface area contributed by atoms with Gasteiger partial charge in [-0.15, -0.1) is 0 Å². The van der Waals surface area contributed by atoms with E-state index in [4.69, 9.17) is 5.73 Å². The van der Waals surface area contributed by atoms with Crippen LogP contribution in [0.15, 0.2) is 33.7 Å². The van der Waals surface area contributed by atoms with Gasteiger partial charge in [0.25, 0.3) is 0 Å². The van der Waals surface area contributed by atoms with Gasteiger partial charge in [-0.2, -0.15) is 0 Å². The number of nitrogens with two attached hydrogens (primary N) is 1. The second-order valence-corrected chi connectivity index (χ2v) is 4.45. The van der Waals surface area contributed by atoms with Crippen molar-refractivity contribution in [2.75, 3.05) is 6.54 Å². The topological polar surface area (TPSA) is 38.4 Å². The smallest absolute Gasteiger partial charge is 0.126 e. The number of hydrogen-bond donors (Lipinski definition) is 1. The Kier molecular flexibility index (Phi) is 4.14. The Morgan fingerprint density at radius 1 is 1.43 bits per heavy atom. The molecule has 1 aromatic rings. The van der Waals surface area contributed by atoms with E-state index in [1.165, 1.54) is 0 Å². The molecule has 3 heteroatoms. The molecule has 0 unspecified atom stereocenters. The first-order valence-electron chi connectivity index (χ1n) is 4.66. The highest BCUT2D eigenvalue weighted by atomic mass is 79.9. The van der Waals surface area contributed by atoms with Gasteiger partial charge in [0.15, 0.2) is 0 Å². The van der Waals surface area contributed by atoms with Gasteiger partial charge in [0.2, 0.25) is 0 Å². The highest BCUT2D eigenvalue weighted by molar-refractivity contribution is 9.10. The second kappa shape index (κ2) is 5.15. The van der Waals surface area contributed by atoms with Gasteiger partial charge < -0.3 is 5.73 Å². The summed E-state index contributed by atoms with van der Waals surface area (Å²) < 4.78 is 0.991. The lowest BCUT2D eigenvalue weighted by Gasteiger charge is -2.04. The summed E-state index contributed by atoms with van der Waals surface area (Å²) in [7, 11) is 0. The van der Waals surface area contributed by atoms with Crippen LogP contribution in [0, 0.1) is 5.92 Å². The van der Waals surface area contributed by atoms with E-state index in [9.17, 15) is 0 Å². The molecule has 14 heavy (non-hydrogen) atoms. The third-order valence-electron chi connectivity index (χ3n) is 1.78. The molecule has 1 aromatic carbocycles. The Morgan fingerprint density at radius 2 is 2.07 bits per heavy atom. The fraction of sp³-hybridized carbons (Fsp3) is 0.364. The van der Waals surface area contributed by atoms with E-state index in [2.05, 4.69) is 34.8 Å². The summed E-state index contributed by atoms with van der Waals surface area (Å²) in [6.45, 7) is 5.01. The van der Waals surface area contributed by atoms with Gasteiger partial charge in [-0.3, -0.25) is 4.99 Å². The van der Waals surface area contributed by atoms with Crippen LogP contribution in [0.5, 0.6) is 0 Å². The van der Waals surface area contributed by atoms with Crippen molar-refractivity contribution in [3.05, 3.63) is 34.3 Å². The van der Waals surface area contributed by atoms with Crippen LogP contribution in [0.4, 0.5) is 0 Å². The van der Waals surface area contributed by atoms with Crippen molar-refractivity contribution in [1.82, 2.24) is 0 Å². The number of rotatable bonds is 3. The largest absolute Gasteiger partial charge is 0.383 e. The molecule has 0 atom stereocenters. The van der Waals surface area contributed by atoms with Crippen LogP contribution in [-0.2, 0) is 0 Å². The van der Waals surface area contributed by atoms with Crippen molar-refractivity contribution in [2.45, 2.75) is 13.8 Å². The van der Waals surface area contributed by atoms with E-state index in [0.29, 0.717) is 11.8 Å². The third-order valence-corrected chi connectivity index (χ3v) is 2.47. The highest BCUT2D eigenvalue weighted by Gasteiger charge is 2.02. The van der Waals surface area contributed by atoms with Crippen molar-refractivity contribution in [3.8, 4) is 0 Å². The van der Waals surface area contributed by atoms with Crippen LogP contribution in [0.1, 0.15) is 19.4 Å². The first kappa shape index (κ1) is 11.2. The zero-order valence-electron chi connectivity index (χ0n) is 8.50. The number of aliphatic imine (C=N–C) groups is 1. The Labute approximate surface area is 93.4 Å². The van der Waals surface area contributed by atoms with E-state index >= 15 is 0 Å². The Bertz CT molecular complexity index is 332. The molecule has 0 fully saturated rings. The van der Waals surface area contributed by atoms with Crippen LogP contribution in [0.2, 0.25) is 0 Å². The minimum absolute atomic E-state index is 0.538. The zero-order chi connectivity index (χ0) is 10.6. The molecular weight excluding hydrogens is 240 g/mol. The van der Waals surface area contributed by atoms with Gasteiger partial charge >= 0.3 is 0 Å². The Hall–Kier alpha value is -0.830. The van der Waals surface area contributed by atoms with Gasteiger partial charge in [0.05, 0.1) is 0 Å². The summed E-state index contributed by atoms with van der Waals surface area (Å²) in [5.41, 5.74) is 6.83. The van der Waals surface area contributed by atoms with Gasteiger partial charge in [-0.1, -0.05) is 48.0 Å². The van der Waals surface area contributed by atoms with Crippen LogP contribution in [0.3, 0.4) is 0 Å². The maximum atomic E-state index is 5.86. The molecule has 1 rings (SSSR count). The summed E-state index contributed by atoms with van der Waals surface area (Å²) in [6, 6.07) is 7.84. The summed E-state index contributed by atoms with van der Waals surface area (Å²) >= 11 is 3.44. The van der Waals surface area contributed by atoms with Gasteiger partial charge in [-0.05, 0) is 12.0 Å². The summed E-state index contributed by atoms with van der Waals surface area (Å²) in [5, 5.41) is 0. The Morgan fingerprint density at radius 3 is 2.64 bits per heavy atom. The highest BCUT2D eigenvalue weighted by Crippen LogP contribution is 2.15. The predicted octanol–water partition coefficient (Wildman–Crippen LogP) is 2.81. The number of amidine groups is 1. The van der Waals surface area contributed by atoms with E-state index in [1.54, 1.807) is 0 Å². The van der Waals surface area contributed by atoms with Crippen molar-refractivity contribution in [1.29, 1.82) is 0 Å². The molecule has 0 amide bonds. The maximum absolute atomic E-state index is 5.86. The van der Waals surface area contributed by atoms with Gasteiger partial charge in [-0.25, -0.2) is 0 Å². The van der Waals surface area contributed by atoms with E-state index in [1.807, 2.05) is 24.3 Å². The fourth-order valence-corrected chi connectivity index (χ4v) is 1.52. The fourth-order valence-electron chi connectivity index (χ4n) is 1.04. The molecule has 0 bridgehead atoms. The van der Waals surface area contributed by atoms with E-state index in [-0.39, 0.29) is 0 Å². The Balaban J connectivity index is 2.84. The van der Waals surface area contributed by atoms with Gasteiger partial charge in [0.1, 0.15) is 5.84 Å². The standard InChI is InChI=1S/C11H15BrN2/c1-8(2)7-14-11(13)9-5-3-4-6-10(9)12/h3-6,8H,7H2,1-2H3,(H2,13,14). The average Bonchev–Trinajstić information content (AvgIpc) is 2.15. The number of benzene rings is 1. The van der Waals surface area contributed by atoms with E-state index in [0.717, 1.165) is 16.6 Å². The molecule has 0 radical (unpaired) electrons. The van der Waals surface area contributed by atoms with Crippen molar-refractivity contribution in [3.63, 3.8) is 0 Å². The second-order valence-electron chi connectivity index (χ2n) is 3.60. The van der Waals surface area contributed by atoms with Crippen LogP contribution >= 0.6 is 15.9 Å². The minimum atomic E-state index is 0.538. The molecule has 0 aromatic heterocycles. The monoisotopic (exact) mass is 254 g/mol. The summed E-state index contributed by atoms with van der Waals surface area (Å²) in [4.78, 5) is 4.32. The first-order valence-corrected chi connectivity index (χ1v) is 5.45. The lowest BCUT2D eigenvalue weighted by molar-refractivity contribution is 0.665. The van der Waals surface area contributed by atoms with Crippen molar-refractivity contribution in [2.24, 2.45) is 16.6 Å². The molecule has 76 valence electrons. The minimum Gasteiger partial charge on any atom is -0.383 e. The molecular formula is C11H15BrN2. The van der Waals surface area contributed by atoms with E-state index < -0.39 is 0 Å². The molecule has 0 aliphatic carbocycles. The lowest BCUT2D eigenvalue weighted by Crippen LogP contribution is -2.15. The molecule has 0 saturated carbocycles. The SMILES string of the molecule is CC(C)CN=C(N)c1ccccc1Br. The summed E-state index contributed by atoms with van der Waals surface area (Å²) in [6.07, 6.45) is 0. The molecule has 2 N–H and O–H groups in total. The number of halogens is 1. The van der Waals surface area contributed by atoms with Crippen LogP contribution in [-0.4, -0.2) is 12.4 Å². The first-order chi connectivity index (χ1) is 6.61. The summed E-state index contributed by atoms with van der Waals surface area (Å²) in [5.74, 6) is 1.14. The van der Waals surface area contributed by atoms with Crippen molar-refractivity contribution >= 4 is 21.8 Å². The number of hydrogen-bond acceptors (Lipinski definition) is 1. The molecule has 2 nitrogen and oxygen atoms in total. The van der Waals surface area contributed by atoms with Crippen LogP contribution < -0.4 is 5.73 Å².